The molecule has 1 aromatic heterocycles. The fourth-order valence-corrected chi connectivity index (χ4v) is 4.12. The van der Waals surface area contributed by atoms with Crippen molar-refractivity contribution in [1.29, 1.82) is 0 Å². The number of rotatable bonds is 6. The van der Waals surface area contributed by atoms with Gasteiger partial charge in [-0.15, -0.1) is 23.1 Å². The summed E-state index contributed by atoms with van der Waals surface area (Å²) in [6.45, 7) is 5.30. The Hall–Kier alpha value is -0.960. The highest BCUT2D eigenvalue weighted by atomic mass is 32.2. The van der Waals surface area contributed by atoms with Crippen molar-refractivity contribution in [3.05, 3.63) is 4.88 Å². The second kappa shape index (κ2) is 7.88. The maximum absolute atomic E-state index is 11.7. The van der Waals surface area contributed by atoms with Gasteiger partial charge in [0.05, 0.1) is 30.9 Å². The maximum Gasteiger partial charge on any atom is 0.350 e. The normalized spacial score (nSPS) is 15.9. The highest BCUT2D eigenvalue weighted by molar-refractivity contribution is 7.99. The van der Waals surface area contributed by atoms with E-state index in [1.165, 1.54) is 30.2 Å². The number of morpholine rings is 1. The van der Waals surface area contributed by atoms with Gasteiger partial charge < -0.3 is 20.5 Å². The number of carbonyl (C=O) groups excluding carboxylic acids is 1. The molecule has 0 amide bonds. The van der Waals surface area contributed by atoms with Crippen molar-refractivity contribution < 1.29 is 14.3 Å². The van der Waals surface area contributed by atoms with Crippen LogP contribution in [0.3, 0.4) is 0 Å². The fourth-order valence-electron chi connectivity index (χ4n) is 2.14. The summed E-state index contributed by atoms with van der Waals surface area (Å²) in [6, 6.07) is 0. The first kappa shape index (κ1) is 16.4. The number of nitrogens with two attached hydrogens (primary N) is 1. The summed E-state index contributed by atoms with van der Waals surface area (Å²) in [7, 11) is 1.37. The second-order valence-corrected chi connectivity index (χ2v) is 6.42. The molecule has 118 valence electrons. The predicted octanol–water partition coefficient (Wildman–Crippen LogP) is 1.58. The number of nitrogen functional groups attached to an aromatic ring is 1. The van der Waals surface area contributed by atoms with Gasteiger partial charge in [-0.3, -0.25) is 4.90 Å². The molecule has 0 aromatic carbocycles. The lowest BCUT2D eigenvalue weighted by molar-refractivity contribution is 0.0398. The Morgan fingerprint density at radius 3 is 2.86 bits per heavy atom. The van der Waals surface area contributed by atoms with Crippen molar-refractivity contribution in [3.63, 3.8) is 0 Å². The number of thiophene rings is 1. The first-order chi connectivity index (χ1) is 10.2. The molecule has 0 radical (unpaired) electrons. The number of carbonyl (C=O) groups is 1. The number of hydrogen-bond acceptors (Lipinski definition) is 8. The number of methoxy groups -OCH3 is 1. The van der Waals surface area contributed by atoms with Crippen molar-refractivity contribution in [2.24, 2.45) is 0 Å². The third kappa shape index (κ3) is 4.03. The third-order valence-corrected chi connectivity index (χ3v) is 5.40. The van der Waals surface area contributed by atoms with Crippen LogP contribution in [0.4, 0.5) is 10.7 Å². The molecule has 21 heavy (non-hydrogen) atoms. The van der Waals surface area contributed by atoms with Gasteiger partial charge in [-0.05, 0) is 6.26 Å². The number of anilines is 2. The SMILES string of the molecule is COC(=O)c1sc(NCCN2CCOCC2)c(SC)c1N. The minimum atomic E-state index is -0.381. The van der Waals surface area contributed by atoms with Crippen LogP contribution in [0.15, 0.2) is 4.90 Å². The molecule has 3 N–H and O–H groups in total. The number of esters is 1. The zero-order valence-corrected chi connectivity index (χ0v) is 13.9. The van der Waals surface area contributed by atoms with Crippen LogP contribution in [0.5, 0.6) is 0 Å². The molecule has 0 saturated carbocycles. The molecule has 1 aliphatic rings. The Labute approximate surface area is 133 Å². The smallest absolute Gasteiger partial charge is 0.350 e. The van der Waals surface area contributed by atoms with E-state index in [1.807, 2.05) is 6.26 Å². The minimum absolute atomic E-state index is 0.381. The van der Waals surface area contributed by atoms with Gasteiger partial charge in [0.25, 0.3) is 0 Å². The van der Waals surface area contributed by atoms with Crippen molar-refractivity contribution in [2.75, 3.05) is 63.8 Å². The molecule has 6 nitrogen and oxygen atoms in total. The zero-order valence-electron chi connectivity index (χ0n) is 12.3. The fraction of sp³-hybridized carbons (Fsp3) is 0.615. The molecule has 2 rings (SSSR count). The van der Waals surface area contributed by atoms with Crippen molar-refractivity contribution >= 4 is 39.8 Å². The Balaban J connectivity index is 1.97. The number of ether oxygens (including phenoxy) is 2. The molecule has 0 atom stereocenters. The molecular formula is C13H21N3O3S2. The summed E-state index contributed by atoms with van der Waals surface area (Å²) < 4.78 is 10.1. The van der Waals surface area contributed by atoms with Crippen LogP contribution >= 0.6 is 23.1 Å². The number of thioether (sulfide) groups is 1. The Morgan fingerprint density at radius 2 is 2.24 bits per heavy atom. The van der Waals surface area contributed by atoms with Crippen LogP contribution in [0.25, 0.3) is 0 Å². The lowest BCUT2D eigenvalue weighted by Crippen LogP contribution is -2.38. The summed E-state index contributed by atoms with van der Waals surface area (Å²) >= 11 is 2.89. The Kier molecular flexibility index (Phi) is 6.16. The summed E-state index contributed by atoms with van der Waals surface area (Å²) in [6.07, 6.45) is 1.95. The van der Waals surface area contributed by atoms with Gasteiger partial charge in [0, 0.05) is 26.2 Å². The van der Waals surface area contributed by atoms with Gasteiger partial charge in [0.1, 0.15) is 9.88 Å². The van der Waals surface area contributed by atoms with Crippen LogP contribution < -0.4 is 11.1 Å². The molecule has 1 aliphatic heterocycles. The summed E-state index contributed by atoms with van der Waals surface area (Å²) in [5.41, 5.74) is 6.54. The van der Waals surface area contributed by atoms with E-state index in [4.69, 9.17) is 15.2 Å². The van der Waals surface area contributed by atoms with Gasteiger partial charge in [-0.2, -0.15) is 0 Å². The highest BCUT2D eigenvalue weighted by Crippen LogP contribution is 2.41. The zero-order chi connectivity index (χ0) is 15.2. The minimum Gasteiger partial charge on any atom is -0.465 e. The molecule has 1 fully saturated rings. The average molecular weight is 331 g/mol. The molecule has 0 spiro atoms. The molecule has 1 aromatic rings. The van der Waals surface area contributed by atoms with E-state index in [0.717, 1.165) is 49.3 Å². The molecule has 0 unspecified atom stereocenters. The topological polar surface area (TPSA) is 76.8 Å². The van der Waals surface area contributed by atoms with E-state index in [2.05, 4.69) is 10.2 Å². The first-order valence-corrected chi connectivity index (χ1v) is 8.80. The van der Waals surface area contributed by atoms with Gasteiger partial charge in [0.2, 0.25) is 0 Å². The van der Waals surface area contributed by atoms with Crippen molar-refractivity contribution in [1.82, 2.24) is 4.90 Å². The quantitative estimate of drug-likeness (QED) is 0.605. The molecular weight excluding hydrogens is 310 g/mol. The molecule has 8 heteroatoms. The monoisotopic (exact) mass is 331 g/mol. The molecule has 0 aliphatic carbocycles. The standard InChI is InChI=1S/C13H21N3O3S2/c1-18-13(17)11-9(14)10(20-2)12(21-11)15-3-4-16-5-7-19-8-6-16/h15H,3-8,14H2,1-2H3. The van der Waals surface area contributed by atoms with Crippen LogP contribution in [0.1, 0.15) is 9.67 Å². The van der Waals surface area contributed by atoms with Crippen LogP contribution in [-0.4, -0.2) is 63.6 Å². The molecule has 1 saturated heterocycles. The largest absolute Gasteiger partial charge is 0.465 e. The van der Waals surface area contributed by atoms with E-state index in [-0.39, 0.29) is 5.97 Å². The Bertz CT molecular complexity index is 487. The van der Waals surface area contributed by atoms with Gasteiger partial charge in [-0.25, -0.2) is 4.79 Å². The van der Waals surface area contributed by atoms with Crippen LogP contribution in [-0.2, 0) is 9.47 Å². The second-order valence-electron chi connectivity index (χ2n) is 4.58. The van der Waals surface area contributed by atoms with E-state index in [9.17, 15) is 4.79 Å². The van der Waals surface area contributed by atoms with Gasteiger partial charge >= 0.3 is 5.97 Å². The maximum atomic E-state index is 11.7. The lowest BCUT2D eigenvalue weighted by Gasteiger charge is -2.26. The molecule has 2 heterocycles. The number of nitrogens with zero attached hydrogens (tertiary/aromatic N) is 1. The van der Waals surface area contributed by atoms with Gasteiger partial charge in [0.15, 0.2) is 0 Å². The summed E-state index contributed by atoms with van der Waals surface area (Å²) in [5, 5.41) is 4.32. The first-order valence-electron chi connectivity index (χ1n) is 6.76. The average Bonchev–Trinajstić information content (AvgIpc) is 2.83. The van der Waals surface area contributed by atoms with E-state index in [1.54, 1.807) is 0 Å². The summed E-state index contributed by atoms with van der Waals surface area (Å²) in [5.74, 6) is -0.381. The predicted molar refractivity (Wildman–Crippen MR) is 87.6 cm³/mol. The summed E-state index contributed by atoms with van der Waals surface area (Å²) in [4.78, 5) is 15.4. The molecule has 0 bridgehead atoms. The third-order valence-electron chi connectivity index (χ3n) is 3.29. The van der Waals surface area contributed by atoms with E-state index < -0.39 is 0 Å². The van der Waals surface area contributed by atoms with Crippen molar-refractivity contribution in [3.8, 4) is 0 Å². The van der Waals surface area contributed by atoms with E-state index in [0.29, 0.717) is 10.6 Å². The lowest BCUT2D eigenvalue weighted by atomic mass is 10.4. The van der Waals surface area contributed by atoms with Gasteiger partial charge in [-0.1, -0.05) is 0 Å². The van der Waals surface area contributed by atoms with Crippen LogP contribution in [0.2, 0.25) is 0 Å². The Morgan fingerprint density at radius 1 is 1.52 bits per heavy atom. The van der Waals surface area contributed by atoms with Crippen molar-refractivity contribution in [2.45, 2.75) is 4.90 Å². The number of nitrogens with one attached hydrogen (secondary N) is 1. The van der Waals surface area contributed by atoms with E-state index >= 15 is 0 Å². The number of hydrogen-bond donors (Lipinski definition) is 2. The van der Waals surface area contributed by atoms with Crippen LogP contribution in [0, 0.1) is 0 Å². The highest BCUT2D eigenvalue weighted by Gasteiger charge is 2.21.